The predicted octanol–water partition coefficient (Wildman–Crippen LogP) is 2.33. The highest BCUT2D eigenvalue weighted by Gasteiger charge is 2.12. The van der Waals surface area contributed by atoms with Crippen LogP contribution in [0.1, 0.15) is 16.2 Å². The van der Waals surface area contributed by atoms with Crippen molar-refractivity contribution >= 4 is 32.9 Å². The van der Waals surface area contributed by atoms with E-state index < -0.39 is 5.97 Å². The number of hydrogen-bond donors (Lipinski definition) is 2. The molecule has 0 saturated heterocycles. The van der Waals surface area contributed by atoms with E-state index in [1.807, 2.05) is 13.0 Å². The van der Waals surface area contributed by atoms with E-state index >= 15 is 0 Å². The van der Waals surface area contributed by atoms with Crippen LogP contribution in [0.4, 0.5) is 0 Å². The first kappa shape index (κ1) is 9.21. The summed E-state index contributed by atoms with van der Waals surface area (Å²) in [5.74, 6) is -1.04. The Morgan fingerprint density at radius 3 is 2.93 bits per heavy atom. The molecule has 0 atom stereocenters. The monoisotopic (exact) mass is 254 g/mol. The maximum absolute atomic E-state index is 10.8. The number of aromatic carboxylic acids is 1. The summed E-state index contributed by atoms with van der Waals surface area (Å²) in [6.07, 6.45) is 0. The van der Waals surface area contributed by atoms with Crippen LogP contribution in [0.25, 0.3) is 11.0 Å². The molecule has 14 heavy (non-hydrogen) atoms. The number of H-pyrrole nitrogens is 1. The molecule has 0 saturated carbocycles. The molecule has 0 radical (unpaired) electrons. The zero-order valence-electron chi connectivity index (χ0n) is 7.34. The number of aryl methyl sites for hydroxylation is 1. The molecule has 0 aliphatic carbocycles. The largest absolute Gasteiger partial charge is 0.476 e. The number of rotatable bonds is 1. The molecule has 2 heterocycles. The van der Waals surface area contributed by atoms with Crippen LogP contribution in [0, 0.1) is 6.92 Å². The van der Waals surface area contributed by atoms with Gasteiger partial charge in [-0.3, -0.25) is 0 Å². The van der Waals surface area contributed by atoms with Crippen molar-refractivity contribution in [3.05, 3.63) is 28.0 Å². The minimum atomic E-state index is -1.04. The molecule has 72 valence electrons. The van der Waals surface area contributed by atoms with Gasteiger partial charge in [0.1, 0.15) is 5.65 Å². The van der Waals surface area contributed by atoms with Crippen LogP contribution in [-0.4, -0.2) is 21.0 Å². The first-order valence-corrected chi connectivity index (χ1v) is 4.76. The summed E-state index contributed by atoms with van der Waals surface area (Å²) in [5, 5.41) is 9.73. The fraction of sp³-hybridized carbons (Fsp3) is 0.111. The lowest BCUT2D eigenvalue weighted by Crippen LogP contribution is -2.01. The zero-order valence-corrected chi connectivity index (χ0v) is 8.92. The summed E-state index contributed by atoms with van der Waals surface area (Å²) in [6.45, 7) is 1.90. The number of aromatic nitrogens is 2. The second kappa shape index (κ2) is 3.09. The van der Waals surface area contributed by atoms with Crippen molar-refractivity contribution in [1.29, 1.82) is 0 Å². The Labute approximate surface area is 88.1 Å². The summed E-state index contributed by atoms with van der Waals surface area (Å²) in [4.78, 5) is 17.7. The molecular weight excluding hydrogens is 248 g/mol. The van der Waals surface area contributed by atoms with Crippen LogP contribution < -0.4 is 0 Å². The van der Waals surface area contributed by atoms with Gasteiger partial charge in [-0.25, -0.2) is 9.78 Å². The van der Waals surface area contributed by atoms with Crippen LogP contribution in [0.3, 0.4) is 0 Å². The van der Waals surface area contributed by atoms with Gasteiger partial charge in [-0.2, -0.15) is 0 Å². The van der Waals surface area contributed by atoms with Crippen molar-refractivity contribution in [2.45, 2.75) is 6.92 Å². The van der Waals surface area contributed by atoms with Crippen molar-refractivity contribution in [2.75, 3.05) is 0 Å². The van der Waals surface area contributed by atoms with Gasteiger partial charge < -0.3 is 10.1 Å². The molecule has 0 amide bonds. The maximum atomic E-state index is 10.8. The number of nitrogens with one attached hydrogen (secondary N) is 1. The molecule has 0 aliphatic heterocycles. The molecule has 2 aromatic heterocycles. The van der Waals surface area contributed by atoms with Gasteiger partial charge in [0.05, 0.1) is 4.47 Å². The minimum Gasteiger partial charge on any atom is -0.476 e. The summed E-state index contributed by atoms with van der Waals surface area (Å²) in [6, 6.07) is 3.66. The predicted molar refractivity (Wildman–Crippen MR) is 55.5 cm³/mol. The number of halogens is 1. The fourth-order valence-corrected chi connectivity index (χ4v) is 1.82. The lowest BCUT2D eigenvalue weighted by atomic mass is 10.3. The molecule has 0 fully saturated rings. The Morgan fingerprint density at radius 2 is 2.29 bits per heavy atom. The number of aromatic amines is 1. The Bertz CT molecular complexity index is 519. The molecule has 2 N–H and O–H groups in total. The van der Waals surface area contributed by atoms with Gasteiger partial charge in [0.25, 0.3) is 0 Å². The van der Waals surface area contributed by atoms with Crippen molar-refractivity contribution in [3.63, 3.8) is 0 Å². The molecule has 0 spiro atoms. The molecule has 2 aromatic rings. The highest BCUT2D eigenvalue weighted by molar-refractivity contribution is 9.10. The van der Waals surface area contributed by atoms with E-state index in [1.165, 1.54) is 0 Å². The Kier molecular flexibility index (Phi) is 2.03. The lowest BCUT2D eigenvalue weighted by Gasteiger charge is -1.97. The van der Waals surface area contributed by atoms with E-state index in [0.717, 1.165) is 11.1 Å². The Morgan fingerprint density at radius 1 is 1.57 bits per heavy atom. The number of hydrogen-bond acceptors (Lipinski definition) is 2. The molecule has 0 aromatic carbocycles. The van der Waals surface area contributed by atoms with Gasteiger partial charge in [0.15, 0.2) is 5.69 Å². The maximum Gasteiger partial charge on any atom is 0.355 e. The zero-order chi connectivity index (χ0) is 10.3. The van der Waals surface area contributed by atoms with Crippen molar-refractivity contribution in [1.82, 2.24) is 9.97 Å². The second-order valence-corrected chi connectivity index (χ2v) is 3.87. The smallest absolute Gasteiger partial charge is 0.355 e. The average Bonchev–Trinajstić information content (AvgIpc) is 2.42. The standard InChI is InChI=1S/C9H7BrN2O2/c1-4-2-5-3-6(10)7(9(13)14)12-8(5)11-4/h2-3H,1H3,(H,11,12)(H,13,14). The van der Waals surface area contributed by atoms with Gasteiger partial charge in [0, 0.05) is 11.1 Å². The number of carboxylic acid groups (broad SMARTS) is 1. The van der Waals surface area contributed by atoms with Gasteiger partial charge in [-0.1, -0.05) is 0 Å². The summed E-state index contributed by atoms with van der Waals surface area (Å²) in [5.41, 5.74) is 1.59. The third-order valence-corrected chi connectivity index (χ3v) is 2.50. The van der Waals surface area contributed by atoms with Crippen molar-refractivity contribution in [2.24, 2.45) is 0 Å². The molecule has 4 nitrogen and oxygen atoms in total. The molecule has 0 unspecified atom stereocenters. The fourth-order valence-electron chi connectivity index (χ4n) is 1.32. The van der Waals surface area contributed by atoms with Crippen LogP contribution >= 0.6 is 15.9 Å². The van der Waals surface area contributed by atoms with E-state index in [4.69, 9.17) is 5.11 Å². The summed E-state index contributed by atoms with van der Waals surface area (Å²) in [7, 11) is 0. The van der Waals surface area contributed by atoms with Gasteiger partial charge in [-0.05, 0) is 35.0 Å². The second-order valence-electron chi connectivity index (χ2n) is 3.01. The van der Waals surface area contributed by atoms with E-state index in [2.05, 4.69) is 25.9 Å². The number of carbonyl (C=O) groups is 1. The van der Waals surface area contributed by atoms with E-state index in [1.54, 1.807) is 6.07 Å². The summed E-state index contributed by atoms with van der Waals surface area (Å²) < 4.78 is 0.497. The number of carboxylic acids is 1. The Hall–Kier alpha value is -1.36. The first-order valence-electron chi connectivity index (χ1n) is 3.97. The molecule has 5 heteroatoms. The third-order valence-electron chi connectivity index (χ3n) is 1.90. The third kappa shape index (κ3) is 1.39. The average molecular weight is 255 g/mol. The molecule has 0 bridgehead atoms. The minimum absolute atomic E-state index is 0.0272. The first-order chi connectivity index (χ1) is 6.58. The summed E-state index contributed by atoms with van der Waals surface area (Å²) >= 11 is 3.17. The highest BCUT2D eigenvalue weighted by atomic mass is 79.9. The quantitative estimate of drug-likeness (QED) is 0.821. The van der Waals surface area contributed by atoms with Crippen LogP contribution in [-0.2, 0) is 0 Å². The van der Waals surface area contributed by atoms with E-state index in [0.29, 0.717) is 10.1 Å². The van der Waals surface area contributed by atoms with Crippen molar-refractivity contribution < 1.29 is 9.90 Å². The van der Waals surface area contributed by atoms with Crippen LogP contribution in [0.2, 0.25) is 0 Å². The van der Waals surface area contributed by atoms with Gasteiger partial charge in [0.2, 0.25) is 0 Å². The Balaban J connectivity index is 2.76. The van der Waals surface area contributed by atoms with Crippen LogP contribution in [0.15, 0.2) is 16.6 Å². The normalized spacial score (nSPS) is 10.7. The van der Waals surface area contributed by atoms with E-state index in [9.17, 15) is 4.79 Å². The lowest BCUT2D eigenvalue weighted by molar-refractivity contribution is 0.0690. The van der Waals surface area contributed by atoms with Crippen LogP contribution in [0.5, 0.6) is 0 Å². The van der Waals surface area contributed by atoms with E-state index in [-0.39, 0.29) is 5.69 Å². The van der Waals surface area contributed by atoms with Gasteiger partial charge >= 0.3 is 5.97 Å². The number of pyridine rings is 1. The van der Waals surface area contributed by atoms with Gasteiger partial charge in [-0.15, -0.1) is 0 Å². The number of fused-ring (bicyclic) bond motifs is 1. The highest BCUT2D eigenvalue weighted by Crippen LogP contribution is 2.21. The molecule has 0 aliphatic rings. The molecular formula is C9H7BrN2O2. The van der Waals surface area contributed by atoms with Crippen molar-refractivity contribution in [3.8, 4) is 0 Å². The topological polar surface area (TPSA) is 66.0 Å². The number of nitrogens with zero attached hydrogens (tertiary/aromatic N) is 1. The molecule has 2 rings (SSSR count). The SMILES string of the molecule is Cc1cc2cc(Br)c(C(=O)O)nc2[nH]1.